The summed E-state index contributed by atoms with van der Waals surface area (Å²) in [6, 6.07) is 5.44. The Kier molecular flexibility index (Phi) is 3.17. The van der Waals surface area contributed by atoms with E-state index in [1.807, 2.05) is 0 Å². The maximum atomic E-state index is 11.9. The van der Waals surface area contributed by atoms with E-state index in [1.54, 1.807) is 6.07 Å². The molecule has 6 heteroatoms. The lowest BCUT2D eigenvalue weighted by Crippen LogP contribution is -2.18. The predicted molar refractivity (Wildman–Crippen MR) is 45.7 cm³/mol. The van der Waals surface area contributed by atoms with Crippen LogP contribution in [-0.2, 0) is 6.54 Å². The van der Waals surface area contributed by atoms with Crippen LogP contribution in [-0.4, -0.2) is 6.36 Å². The molecule has 0 aliphatic carbocycles. The Balaban J connectivity index is 3.08. The summed E-state index contributed by atoms with van der Waals surface area (Å²) < 4.78 is 39.6. The van der Waals surface area contributed by atoms with E-state index >= 15 is 0 Å². The highest BCUT2D eigenvalue weighted by molar-refractivity contribution is 5.42. The molecule has 1 aromatic carbocycles. The summed E-state index contributed by atoms with van der Waals surface area (Å²) in [6.45, 7) is -0.0862. The first-order chi connectivity index (χ1) is 6.96. The van der Waals surface area contributed by atoms with Crippen molar-refractivity contribution in [3.8, 4) is 11.8 Å². The topological polar surface area (TPSA) is 59.0 Å². The number of hydrogen-bond acceptors (Lipinski definition) is 3. The van der Waals surface area contributed by atoms with E-state index in [1.165, 1.54) is 12.1 Å². The van der Waals surface area contributed by atoms with Gasteiger partial charge in [-0.1, -0.05) is 6.07 Å². The predicted octanol–water partition coefficient (Wildman–Crippen LogP) is 1.92. The summed E-state index contributed by atoms with van der Waals surface area (Å²) in [7, 11) is 0. The molecule has 0 heterocycles. The van der Waals surface area contributed by atoms with Gasteiger partial charge in [0.1, 0.15) is 5.75 Å². The highest BCUT2D eigenvalue weighted by atomic mass is 19.4. The van der Waals surface area contributed by atoms with Crippen molar-refractivity contribution in [3.63, 3.8) is 0 Å². The first-order valence-electron chi connectivity index (χ1n) is 3.95. The molecule has 3 nitrogen and oxygen atoms in total. The van der Waals surface area contributed by atoms with Gasteiger partial charge in [0.15, 0.2) is 0 Å². The number of halogens is 3. The minimum absolute atomic E-state index is 0.0862. The highest BCUT2D eigenvalue weighted by Crippen LogP contribution is 2.27. The Hall–Kier alpha value is -1.74. The van der Waals surface area contributed by atoms with Crippen molar-refractivity contribution in [2.75, 3.05) is 0 Å². The molecule has 0 aliphatic heterocycles. The molecule has 0 atom stereocenters. The standard InChI is InChI=1S/C9H7F3N2O/c10-9(11,12)15-8-3-6(4-13)1-2-7(8)5-14/h1-3H,5,14H2. The minimum atomic E-state index is -4.78. The summed E-state index contributed by atoms with van der Waals surface area (Å²) in [5.74, 6) is -0.427. The number of ether oxygens (including phenoxy) is 1. The van der Waals surface area contributed by atoms with Crippen LogP contribution in [0.5, 0.6) is 5.75 Å². The zero-order valence-corrected chi connectivity index (χ0v) is 7.51. The largest absolute Gasteiger partial charge is 0.573 e. The molecular formula is C9H7F3N2O. The Morgan fingerprint density at radius 1 is 1.40 bits per heavy atom. The number of nitrogens with two attached hydrogens (primary N) is 1. The number of alkyl halides is 3. The van der Waals surface area contributed by atoms with E-state index in [0.29, 0.717) is 0 Å². The molecule has 2 N–H and O–H groups in total. The molecule has 0 spiro atoms. The monoisotopic (exact) mass is 216 g/mol. The van der Waals surface area contributed by atoms with Crippen LogP contribution >= 0.6 is 0 Å². The molecule has 0 fully saturated rings. The van der Waals surface area contributed by atoms with Crippen molar-refractivity contribution in [1.82, 2.24) is 0 Å². The van der Waals surface area contributed by atoms with E-state index in [4.69, 9.17) is 11.0 Å². The third-order valence-corrected chi connectivity index (χ3v) is 1.64. The van der Waals surface area contributed by atoms with E-state index in [-0.39, 0.29) is 17.7 Å². The fourth-order valence-electron chi connectivity index (χ4n) is 1.01. The number of rotatable bonds is 2. The minimum Gasteiger partial charge on any atom is -0.405 e. The van der Waals surface area contributed by atoms with Crippen LogP contribution in [0.4, 0.5) is 13.2 Å². The van der Waals surface area contributed by atoms with Crippen LogP contribution in [0.15, 0.2) is 18.2 Å². The molecule has 0 saturated heterocycles. The highest BCUT2D eigenvalue weighted by Gasteiger charge is 2.32. The van der Waals surface area contributed by atoms with Crippen molar-refractivity contribution in [2.24, 2.45) is 5.73 Å². The summed E-state index contributed by atoms with van der Waals surface area (Å²) in [4.78, 5) is 0. The number of nitriles is 1. The molecule has 1 aromatic rings. The van der Waals surface area contributed by atoms with Crippen molar-refractivity contribution in [2.45, 2.75) is 12.9 Å². The van der Waals surface area contributed by atoms with Gasteiger partial charge in [0.05, 0.1) is 11.6 Å². The lowest BCUT2D eigenvalue weighted by atomic mass is 10.1. The third-order valence-electron chi connectivity index (χ3n) is 1.64. The van der Waals surface area contributed by atoms with Gasteiger partial charge in [0.25, 0.3) is 0 Å². The van der Waals surface area contributed by atoms with Gasteiger partial charge in [0.2, 0.25) is 0 Å². The number of benzene rings is 1. The second-order valence-corrected chi connectivity index (χ2v) is 2.69. The quantitative estimate of drug-likeness (QED) is 0.821. The smallest absolute Gasteiger partial charge is 0.405 e. The van der Waals surface area contributed by atoms with Gasteiger partial charge in [-0.25, -0.2) is 0 Å². The first kappa shape index (κ1) is 11.3. The number of nitrogens with zero attached hydrogens (tertiary/aromatic N) is 1. The summed E-state index contributed by atoms with van der Waals surface area (Å²) in [5, 5.41) is 8.51. The van der Waals surface area contributed by atoms with Crippen LogP contribution in [0.25, 0.3) is 0 Å². The fraction of sp³-hybridized carbons (Fsp3) is 0.222. The Morgan fingerprint density at radius 3 is 2.53 bits per heavy atom. The van der Waals surface area contributed by atoms with Gasteiger partial charge >= 0.3 is 6.36 Å². The lowest BCUT2D eigenvalue weighted by Gasteiger charge is -2.12. The average molecular weight is 216 g/mol. The lowest BCUT2D eigenvalue weighted by molar-refractivity contribution is -0.274. The summed E-state index contributed by atoms with van der Waals surface area (Å²) in [6.07, 6.45) is -4.78. The third kappa shape index (κ3) is 3.14. The maximum absolute atomic E-state index is 11.9. The van der Waals surface area contributed by atoms with Gasteiger partial charge in [0, 0.05) is 12.1 Å². The van der Waals surface area contributed by atoms with Gasteiger partial charge in [-0.05, 0) is 12.1 Å². The zero-order chi connectivity index (χ0) is 11.5. The second kappa shape index (κ2) is 4.19. The summed E-state index contributed by atoms with van der Waals surface area (Å²) >= 11 is 0. The van der Waals surface area contributed by atoms with Crippen molar-refractivity contribution in [3.05, 3.63) is 29.3 Å². The molecular weight excluding hydrogens is 209 g/mol. The average Bonchev–Trinajstić information content (AvgIpc) is 2.15. The van der Waals surface area contributed by atoms with Gasteiger partial charge in [-0.2, -0.15) is 5.26 Å². The molecule has 0 aliphatic rings. The molecule has 1 rings (SSSR count). The second-order valence-electron chi connectivity index (χ2n) is 2.69. The van der Waals surface area contributed by atoms with Gasteiger partial charge < -0.3 is 10.5 Å². The molecule has 0 aromatic heterocycles. The SMILES string of the molecule is N#Cc1ccc(CN)c(OC(F)(F)F)c1. The molecule has 0 bridgehead atoms. The molecule has 0 unspecified atom stereocenters. The molecule has 15 heavy (non-hydrogen) atoms. The van der Waals surface area contributed by atoms with Crippen molar-refractivity contribution < 1.29 is 17.9 Å². The van der Waals surface area contributed by atoms with Crippen LogP contribution in [0.1, 0.15) is 11.1 Å². The zero-order valence-electron chi connectivity index (χ0n) is 7.51. The van der Waals surface area contributed by atoms with Gasteiger partial charge in [-0.3, -0.25) is 0 Å². The fourth-order valence-corrected chi connectivity index (χ4v) is 1.01. The van der Waals surface area contributed by atoms with Crippen LogP contribution in [0, 0.1) is 11.3 Å². The van der Waals surface area contributed by atoms with E-state index in [2.05, 4.69) is 4.74 Å². The number of hydrogen-bond donors (Lipinski definition) is 1. The molecule has 0 saturated carbocycles. The van der Waals surface area contributed by atoms with Crippen LogP contribution in [0.2, 0.25) is 0 Å². The normalized spacial score (nSPS) is 10.9. The Morgan fingerprint density at radius 2 is 2.07 bits per heavy atom. The Bertz CT molecular complexity index is 395. The first-order valence-corrected chi connectivity index (χ1v) is 3.95. The van der Waals surface area contributed by atoms with E-state index in [9.17, 15) is 13.2 Å². The van der Waals surface area contributed by atoms with E-state index < -0.39 is 12.1 Å². The molecule has 0 amide bonds. The maximum Gasteiger partial charge on any atom is 0.573 e. The van der Waals surface area contributed by atoms with Crippen LogP contribution in [0.3, 0.4) is 0 Å². The Labute approximate surface area is 83.9 Å². The van der Waals surface area contributed by atoms with Crippen LogP contribution < -0.4 is 10.5 Å². The summed E-state index contributed by atoms with van der Waals surface area (Å²) in [5.41, 5.74) is 5.52. The van der Waals surface area contributed by atoms with Crippen molar-refractivity contribution in [1.29, 1.82) is 5.26 Å². The molecule has 0 radical (unpaired) electrons. The van der Waals surface area contributed by atoms with Gasteiger partial charge in [-0.15, -0.1) is 13.2 Å². The van der Waals surface area contributed by atoms with E-state index in [0.717, 1.165) is 6.07 Å². The van der Waals surface area contributed by atoms with Crippen molar-refractivity contribution >= 4 is 0 Å². The molecule has 80 valence electrons.